The van der Waals surface area contributed by atoms with Gasteiger partial charge in [-0.2, -0.15) is 13.2 Å². The number of oxime groups is 1. The number of aliphatic hydroxyl groups excluding tert-OH is 1. The Morgan fingerprint density at radius 3 is 2.30 bits per heavy atom. The molecule has 9 heteroatoms. The van der Waals surface area contributed by atoms with Crippen molar-refractivity contribution in [1.82, 2.24) is 4.90 Å². The second-order valence-electron chi connectivity index (χ2n) is 7.78. The fraction of sp³-hybridized carbons (Fsp3) is 0.417. The number of hydrogen-bond donors (Lipinski definition) is 1. The summed E-state index contributed by atoms with van der Waals surface area (Å²) in [5.74, 6) is 0.434. The first-order valence-electron chi connectivity index (χ1n) is 10.8. The number of piperidine rings is 1. The molecule has 0 bridgehead atoms. The highest BCUT2D eigenvalue weighted by molar-refractivity contribution is 6.00. The molecule has 33 heavy (non-hydrogen) atoms. The maximum absolute atomic E-state index is 12.6. The lowest BCUT2D eigenvalue weighted by Crippen LogP contribution is -2.42. The SMILES string of the molecule is CC/C(=N\OCc1ccc(C(F)(F)F)cc1)c1ccc(OCC(=O)N2CCC(O)CC2)cc1. The number of carbonyl (C=O) groups is 1. The van der Waals surface area contributed by atoms with E-state index in [-0.39, 0.29) is 25.2 Å². The Labute approximate surface area is 190 Å². The number of nitrogens with zero attached hydrogens (tertiary/aromatic N) is 2. The first-order valence-corrected chi connectivity index (χ1v) is 10.8. The fourth-order valence-electron chi connectivity index (χ4n) is 3.39. The van der Waals surface area contributed by atoms with E-state index in [0.29, 0.717) is 49.4 Å². The quantitative estimate of drug-likeness (QED) is 0.465. The summed E-state index contributed by atoms with van der Waals surface area (Å²) in [7, 11) is 0. The van der Waals surface area contributed by atoms with E-state index in [1.807, 2.05) is 6.92 Å². The number of aliphatic hydroxyl groups is 1. The highest BCUT2D eigenvalue weighted by atomic mass is 19.4. The molecule has 0 spiro atoms. The highest BCUT2D eigenvalue weighted by Gasteiger charge is 2.29. The minimum Gasteiger partial charge on any atom is -0.484 e. The second kappa shape index (κ2) is 11.2. The summed E-state index contributed by atoms with van der Waals surface area (Å²) in [6, 6.07) is 11.9. The molecule has 0 radical (unpaired) electrons. The van der Waals surface area contributed by atoms with E-state index in [0.717, 1.165) is 17.7 Å². The average Bonchev–Trinajstić information content (AvgIpc) is 2.81. The van der Waals surface area contributed by atoms with Crippen LogP contribution in [0, 0.1) is 0 Å². The molecule has 0 unspecified atom stereocenters. The van der Waals surface area contributed by atoms with Gasteiger partial charge in [0.1, 0.15) is 12.4 Å². The zero-order valence-corrected chi connectivity index (χ0v) is 18.3. The highest BCUT2D eigenvalue weighted by Crippen LogP contribution is 2.29. The number of carbonyl (C=O) groups excluding carboxylic acids is 1. The molecule has 0 atom stereocenters. The molecule has 1 saturated heterocycles. The van der Waals surface area contributed by atoms with Crippen LogP contribution in [0.3, 0.4) is 0 Å². The van der Waals surface area contributed by atoms with Crippen LogP contribution in [0.15, 0.2) is 53.7 Å². The normalized spacial score (nSPS) is 15.4. The van der Waals surface area contributed by atoms with Gasteiger partial charge in [0.05, 0.1) is 17.4 Å². The summed E-state index contributed by atoms with van der Waals surface area (Å²) < 4.78 is 43.5. The van der Waals surface area contributed by atoms with E-state index in [1.54, 1.807) is 29.2 Å². The number of amides is 1. The van der Waals surface area contributed by atoms with Gasteiger partial charge in [0.15, 0.2) is 6.61 Å². The molecule has 3 rings (SSSR count). The van der Waals surface area contributed by atoms with Gasteiger partial charge in [-0.3, -0.25) is 4.79 Å². The molecular formula is C24H27F3N2O4. The molecule has 1 aliphatic heterocycles. The topological polar surface area (TPSA) is 71.4 Å². The van der Waals surface area contributed by atoms with Crippen molar-refractivity contribution in [2.24, 2.45) is 5.16 Å². The standard InChI is InChI=1S/C24H27F3N2O4/c1-2-22(28-33-15-17-3-7-19(8-4-17)24(25,26)27)18-5-9-21(10-6-18)32-16-23(31)29-13-11-20(30)12-14-29/h3-10,20,30H,2,11-16H2,1H3/b28-22+. The van der Waals surface area contributed by atoms with Crippen molar-refractivity contribution in [1.29, 1.82) is 0 Å². The van der Waals surface area contributed by atoms with Gasteiger partial charge < -0.3 is 19.6 Å². The van der Waals surface area contributed by atoms with Crippen LogP contribution < -0.4 is 4.74 Å². The third-order valence-electron chi connectivity index (χ3n) is 5.39. The Hall–Kier alpha value is -3.07. The predicted octanol–water partition coefficient (Wildman–Crippen LogP) is 4.40. The molecule has 2 aromatic carbocycles. The van der Waals surface area contributed by atoms with E-state index in [2.05, 4.69) is 5.16 Å². The molecular weight excluding hydrogens is 437 g/mol. The van der Waals surface area contributed by atoms with Crippen molar-refractivity contribution in [3.05, 3.63) is 65.2 Å². The van der Waals surface area contributed by atoms with Gasteiger partial charge in [-0.05, 0) is 66.8 Å². The van der Waals surface area contributed by atoms with E-state index < -0.39 is 11.7 Å². The summed E-state index contributed by atoms with van der Waals surface area (Å²) in [4.78, 5) is 19.3. The number of alkyl halides is 3. The minimum absolute atomic E-state index is 0.0540. The molecule has 1 amide bonds. The Bertz CT molecular complexity index is 936. The van der Waals surface area contributed by atoms with Crippen LogP contribution in [0.2, 0.25) is 0 Å². The summed E-state index contributed by atoms with van der Waals surface area (Å²) in [5, 5.41) is 13.7. The number of benzene rings is 2. The summed E-state index contributed by atoms with van der Waals surface area (Å²) in [6.07, 6.45) is -2.95. The lowest BCUT2D eigenvalue weighted by molar-refractivity contribution is -0.137. The largest absolute Gasteiger partial charge is 0.484 e. The predicted molar refractivity (Wildman–Crippen MR) is 117 cm³/mol. The van der Waals surface area contributed by atoms with Gasteiger partial charge in [-0.15, -0.1) is 0 Å². The van der Waals surface area contributed by atoms with E-state index in [4.69, 9.17) is 9.57 Å². The van der Waals surface area contributed by atoms with Crippen LogP contribution in [0.5, 0.6) is 5.75 Å². The van der Waals surface area contributed by atoms with Crippen molar-refractivity contribution in [2.45, 2.75) is 45.1 Å². The van der Waals surface area contributed by atoms with Gasteiger partial charge >= 0.3 is 6.18 Å². The molecule has 0 aliphatic carbocycles. The van der Waals surface area contributed by atoms with Crippen LogP contribution in [0.25, 0.3) is 0 Å². The molecule has 1 aliphatic rings. The maximum Gasteiger partial charge on any atom is 0.416 e. The van der Waals surface area contributed by atoms with Crippen molar-refractivity contribution in [2.75, 3.05) is 19.7 Å². The van der Waals surface area contributed by atoms with Gasteiger partial charge in [0.25, 0.3) is 5.91 Å². The van der Waals surface area contributed by atoms with Crippen LogP contribution in [-0.4, -0.2) is 47.4 Å². The van der Waals surface area contributed by atoms with Crippen molar-refractivity contribution < 1.29 is 32.6 Å². The van der Waals surface area contributed by atoms with E-state index in [9.17, 15) is 23.1 Å². The molecule has 1 heterocycles. The number of ether oxygens (including phenoxy) is 1. The summed E-state index contributed by atoms with van der Waals surface area (Å²) >= 11 is 0. The van der Waals surface area contributed by atoms with Crippen LogP contribution >= 0.6 is 0 Å². The minimum atomic E-state index is -4.37. The van der Waals surface area contributed by atoms with Crippen molar-refractivity contribution in [3.63, 3.8) is 0 Å². The smallest absolute Gasteiger partial charge is 0.416 e. The molecule has 0 aromatic heterocycles. The van der Waals surface area contributed by atoms with Crippen molar-refractivity contribution in [3.8, 4) is 5.75 Å². The molecule has 6 nitrogen and oxygen atoms in total. The van der Waals surface area contributed by atoms with Gasteiger partial charge in [0.2, 0.25) is 0 Å². The van der Waals surface area contributed by atoms with E-state index >= 15 is 0 Å². The fourth-order valence-corrected chi connectivity index (χ4v) is 3.39. The first-order chi connectivity index (χ1) is 15.8. The molecule has 1 fully saturated rings. The van der Waals surface area contributed by atoms with Crippen LogP contribution in [0.4, 0.5) is 13.2 Å². The molecule has 2 aromatic rings. The average molecular weight is 464 g/mol. The lowest BCUT2D eigenvalue weighted by Gasteiger charge is -2.29. The molecule has 0 saturated carbocycles. The van der Waals surface area contributed by atoms with Gasteiger partial charge in [-0.25, -0.2) is 0 Å². The maximum atomic E-state index is 12.6. The Morgan fingerprint density at radius 1 is 1.09 bits per heavy atom. The third kappa shape index (κ3) is 7.21. The second-order valence-corrected chi connectivity index (χ2v) is 7.78. The van der Waals surface area contributed by atoms with Gasteiger partial charge in [0, 0.05) is 13.1 Å². The molecule has 178 valence electrons. The number of hydrogen-bond acceptors (Lipinski definition) is 5. The van der Waals surface area contributed by atoms with Gasteiger partial charge in [-0.1, -0.05) is 24.2 Å². The Morgan fingerprint density at radius 2 is 1.73 bits per heavy atom. The molecule has 1 N–H and O–H groups in total. The van der Waals surface area contributed by atoms with Crippen LogP contribution in [0.1, 0.15) is 42.9 Å². The van der Waals surface area contributed by atoms with Crippen LogP contribution in [-0.2, 0) is 22.4 Å². The Kier molecular flexibility index (Phi) is 8.32. The van der Waals surface area contributed by atoms with Crippen molar-refractivity contribution >= 4 is 11.6 Å². The summed E-state index contributed by atoms with van der Waals surface area (Å²) in [5.41, 5.74) is 1.37. The monoisotopic (exact) mass is 464 g/mol. The summed E-state index contributed by atoms with van der Waals surface area (Å²) in [6.45, 7) is 2.97. The lowest BCUT2D eigenvalue weighted by atomic mass is 10.1. The number of likely N-dealkylation sites (tertiary alicyclic amines) is 1. The van der Waals surface area contributed by atoms with E-state index in [1.165, 1.54) is 12.1 Å². The first kappa shape index (κ1) is 24.6. The number of rotatable bonds is 8. The zero-order chi connectivity index (χ0) is 23.8. The Balaban J connectivity index is 1.50. The number of halogens is 3. The third-order valence-corrected chi connectivity index (χ3v) is 5.39. The zero-order valence-electron chi connectivity index (χ0n) is 18.3.